The Bertz CT molecular complexity index is 1820. The van der Waals surface area contributed by atoms with Crippen molar-refractivity contribution in [2.45, 2.75) is 70.7 Å². The quantitative estimate of drug-likeness (QED) is 0.313. The summed E-state index contributed by atoms with van der Waals surface area (Å²) in [5.74, 6) is -2.96. The zero-order chi connectivity index (χ0) is 38.2. The van der Waals surface area contributed by atoms with Crippen LogP contribution >= 0.6 is 0 Å². The summed E-state index contributed by atoms with van der Waals surface area (Å²) in [6.07, 6.45) is 0.745. The molecule has 0 spiro atoms. The second-order valence-electron chi connectivity index (χ2n) is 14.0. The molecule has 1 saturated heterocycles. The molecule has 4 N–H and O–H groups in total. The molecule has 0 bridgehead atoms. The summed E-state index contributed by atoms with van der Waals surface area (Å²) in [5, 5.41) is 11.3. The van der Waals surface area contributed by atoms with Crippen LogP contribution in [0.25, 0.3) is 0 Å². The van der Waals surface area contributed by atoms with Crippen molar-refractivity contribution in [2.24, 2.45) is 5.92 Å². The Balaban J connectivity index is 1.55. The van der Waals surface area contributed by atoms with Crippen LogP contribution < -0.4 is 26.0 Å². The topological polar surface area (TPSA) is 166 Å². The van der Waals surface area contributed by atoms with E-state index < -0.39 is 72.2 Å². The van der Waals surface area contributed by atoms with Gasteiger partial charge in [-0.1, -0.05) is 74.5 Å². The summed E-state index contributed by atoms with van der Waals surface area (Å²) in [4.78, 5) is 85.8. The Hall–Kier alpha value is -5.72. The molecule has 5 rings (SSSR count). The molecule has 6 amide bonds. The standard InChI is InChI=1S/C40H48N6O7/c1-24(2)35-38(50)41-25(3)36(48)43-32(28-14-10-7-11-15-28)22-46(39(51)30-16-17-33-29(21-30)18-19-53-33)23-34(47)42-31(20-27-12-8-6-9-13-27)40(52)45(5)26(4)37(49)44-35/h6-17,21,24-26,31-32,35H,18-20,22-23H2,1-5H3,(H,41,50)(H,42,47)(H,43,48)(H,44,49)/t25-,26-,31-,32-,35+/m0/s1. The molecule has 0 radical (unpaired) electrons. The van der Waals surface area contributed by atoms with Gasteiger partial charge in [0.1, 0.15) is 29.9 Å². The summed E-state index contributed by atoms with van der Waals surface area (Å²) in [5.41, 5.74) is 2.63. The Labute approximate surface area is 309 Å². The summed E-state index contributed by atoms with van der Waals surface area (Å²) in [6.45, 7) is 6.51. The van der Waals surface area contributed by atoms with Gasteiger partial charge in [0.25, 0.3) is 5.91 Å². The molecule has 53 heavy (non-hydrogen) atoms. The van der Waals surface area contributed by atoms with Gasteiger partial charge >= 0.3 is 0 Å². The van der Waals surface area contributed by atoms with E-state index in [0.29, 0.717) is 29.9 Å². The summed E-state index contributed by atoms with van der Waals surface area (Å²) in [6, 6.07) is 18.3. The Kier molecular flexibility index (Phi) is 12.5. The van der Waals surface area contributed by atoms with Crippen molar-refractivity contribution in [1.82, 2.24) is 31.1 Å². The van der Waals surface area contributed by atoms with E-state index in [0.717, 1.165) is 11.1 Å². The highest BCUT2D eigenvalue weighted by Crippen LogP contribution is 2.27. The molecule has 0 aromatic heterocycles. The van der Waals surface area contributed by atoms with Crippen LogP contribution in [0, 0.1) is 5.92 Å². The number of carbonyl (C=O) groups is 6. The van der Waals surface area contributed by atoms with E-state index in [4.69, 9.17) is 4.74 Å². The SMILES string of the molecule is CC(C)[C@H]1NC(=O)[C@H](C)N(C)C(=O)[C@H](Cc2ccccc2)NC(=O)CN(C(=O)c2ccc3c(c2)CCO3)C[C@@H](c2ccccc2)NC(=O)[C@H](C)NC1=O. The Morgan fingerprint density at radius 3 is 2.19 bits per heavy atom. The number of nitrogens with one attached hydrogen (secondary N) is 4. The molecule has 1 fully saturated rings. The minimum atomic E-state index is -1.10. The average molecular weight is 725 g/mol. The van der Waals surface area contributed by atoms with Crippen LogP contribution in [-0.4, -0.2) is 96.2 Å². The van der Waals surface area contributed by atoms with Gasteiger partial charge < -0.3 is 35.8 Å². The lowest BCUT2D eigenvalue weighted by Gasteiger charge is -2.33. The van der Waals surface area contributed by atoms with Gasteiger partial charge in [-0.05, 0) is 54.7 Å². The zero-order valence-corrected chi connectivity index (χ0v) is 30.8. The normalized spacial score (nSPS) is 23.5. The van der Waals surface area contributed by atoms with Gasteiger partial charge in [-0.2, -0.15) is 0 Å². The molecule has 3 aromatic carbocycles. The summed E-state index contributed by atoms with van der Waals surface area (Å²) in [7, 11) is 1.46. The minimum Gasteiger partial charge on any atom is -0.493 e. The number of nitrogens with zero attached hydrogens (tertiary/aromatic N) is 2. The van der Waals surface area contributed by atoms with Crippen LogP contribution in [0.5, 0.6) is 5.75 Å². The lowest BCUT2D eigenvalue weighted by molar-refractivity contribution is -0.142. The lowest BCUT2D eigenvalue weighted by Crippen LogP contribution is -2.59. The van der Waals surface area contributed by atoms with Crippen molar-refractivity contribution in [3.05, 3.63) is 101 Å². The third-order valence-electron chi connectivity index (χ3n) is 9.70. The number of amides is 6. The van der Waals surface area contributed by atoms with E-state index in [1.807, 2.05) is 36.4 Å². The number of hydrogen-bond donors (Lipinski definition) is 4. The van der Waals surface area contributed by atoms with Crippen LogP contribution in [0.1, 0.15) is 60.8 Å². The van der Waals surface area contributed by atoms with E-state index in [9.17, 15) is 28.8 Å². The molecule has 280 valence electrons. The largest absolute Gasteiger partial charge is 0.493 e. The van der Waals surface area contributed by atoms with Crippen LogP contribution in [0.15, 0.2) is 78.9 Å². The first-order valence-corrected chi connectivity index (χ1v) is 17.9. The molecule has 13 nitrogen and oxygen atoms in total. The van der Waals surface area contributed by atoms with Crippen LogP contribution in [0.3, 0.4) is 0 Å². The van der Waals surface area contributed by atoms with Gasteiger partial charge in [0, 0.05) is 32.0 Å². The molecule has 3 aromatic rings. The van der Waals surface area contributed by atoms with Gasteiger partial charge in [0.2, 0.25) is 29.5 Å². The van der Waals surface area contributed by atoms with Gasteiger partial charge in [-0.3, -0.25) is 28.8 Å². The highest BCUT2D eigenvalue weighted by molar-refractivity contribution is 5.98. The maximum absolute atomic E-state index is 14.3. The monoisotopic (exact) mass is 724 g/mol. The smallest absolute Gasteiger partial charge is 0.254 e. The average Bonchev–Trinajstić information content (AvgIpc) is 3.63. The zero-order valence-electron chi connectivity index (χ0n) is 30.8. The predicted octanol–water partition coefficient (Wildman–Crippen LogP) is 2.15. The number of benzene rings is 3. The molecule has 0 unspecified atom stereocenters. The number of hydrogen-bond acceptors (Lipinski definition) is 7. The fourth-order valence-corrected chi connectivity index (χ4v) is 6.41. The van der Waals surface area contributed by atoms with E-state index in [1.54, 1.807) is 56.3 Å². The fraction of sp³-hybridized carbons (Fsp3) is 0.400. The number of likely N-dealkylation sites (N-methyl/N-ethyl adjacent to an activating group) is 1. The Morgan fingerprint density at radius 2 is 1.51 bits per heavy atom. The highest BCUT2D eigenvalue weighted by Gasteiger charge is 2.35. The lowest BCUT2D eigenvalue weighted by atomic mass is 10.0. The van der Waals surface area contributed by atoms with Crippen molar-refractivity contribution in [3.63, 3.8) is 0 Å². The highest BCUT2D eigenvalue weighted by atomic mass is 16.5. The molecule has 5 atom stereocenters. The third kappa shape index (κ3) is 9.59. The first-order chi connectivity index (χ1) is 25.3. The van der Waals surface area contributed by atoms with Crippen molar-refractivity contribution in [3.8, 4) is 5.75 Å². The maximum Gasteiger partial charge on any atom is 0.254 e. The third-order valence-corrected chi connectivity index (χ3v) is 9.70. The van der Waals surface area contributed by atoms with Crippen molar-refractivity contribution in [1.29, 1.82) is 0 Å². The Morgan fingerprint density at radius 1 is 0.830 bits per heavy atom. The van der Waals surface area contributed by atoms with Gasteiger partial charge in [-0.25, -0.2) is 0 Å². The molecular weight excluding hydrogens is 676 g/mol. The minimum absolute atomic E-state index is 0.112. The van der Waals surface area contributed by atoms with Crippen molar-refractivity contribution >= 4 is 35.4 Å². The fourth-order valence-electron chi connectivity index (χ4n) is 6.41. The molecule has 2 aliphatic rings. The maximum atomic E-state index is 14.3. The van der Waals surface area contributed by atoms with Gasteiger partial charge in [-0.15, -0.1) is 0 Å². The number of ether oxygens (including phenoxy) is 1. The number of carbonyl (C=O) groups excluding carboxylic acids is 6. The molecule has 13 heteroatoms. The van der Waals surface area contributed by atoms with E-state index in [2.05, 4.69) is 21.3 Å². The van der Waals surface area contributed by atoms with Gasteiger partial charge in [0.15, 0.2) is 0 Å². The number of rotatable bonds is 5. The summed E-state index contributed by atoms with van der Waals surface area (Å²) < 4.78 is 5.64. The van der Waals surface area contributed by atoms with Crippen molar-refractivity contribution < 1.29 is 33.5 Å². The molecule has 2 aliphatic heterocycles. The molecule has 2 heterocycles. The first-order valence-electron chi connectivity index (χ1n) is 17.9. The molecule has 0 aliphatic carbocycles. The second kappa shape index (κ2) is 17.2. The number of fused-ring (bicyclic) bond motifs is 1. The van der Waals surface area contributed by atoms with Gasteiger partial charge in [0.05, 0.1) is 19.2 Å². The van der Waals surface area contributed by atoms with Crippen molar-refractivity contribution in [2.75, 3.05) is 26.7 Å². The van der Waals surface area contributed by atoms with Crippen LogP contribution in [0.4, 0.5) is 0 Å². The van der Waals surface area contributed by atoms with Crippen LogP contribution in [0.2, 0.25) is 0 Å². The van der Waals surface area contributed by atoms with E-state index >= 15 is 0 Å². The van der Waals surface area contributed by atoms with Crippen LogP contribution in [-0.2, 0) is 36.8 Å². The predicted molar refractivity (Wildman–Crippen MR) is 198 cm³/mol. The summed E-state index contributed by atoms with van der Waals surface area (Å²) >= 11 is 0. The van der Waals surface area contributed by atoms with E-state index in [-0.39, 0.29) is 18.9 Å². The molecular formula is C40H48N6O7. The second-order valence-corrected chi connectivity index (χ2v) is 14.0. The molecule has 0 saturated carbocycles. The van der Waals surface area contributed by atoms with E-state index in [1.165, 1.54) is 30.7 Å². The first kappa shape index (κ1) is 38.5.